The molecule has 160 valence electrons. The van der Waals surface area contributed by atoms with Gasteiger partial charge in [0.15, 0.2) is 0 Å². The van der Waals surface area contributed by atoms with E-state index in [0.29, 0.717) is 30.1 Å². The second-order valence-electron chi connectivity index (χ2n) is 7.92. The molecule has 0 aliphatic carbocycles. The first-order valence-electron chi connectivity index (χ1n) is 9.74. The Bertz CT molecular complexity index is 918. The lowest BCUT2D eigenvalue weighted by molar-refractivity contribution is -0.0222. The molecule has 0 bridgehead atoms. The summed E-state index contributed by atoms with van der Waals surface area (Å²) < 4.78 is 30.2. The third-order valence-corrected chi connectivity index (χ3v) is 4.30. The number of amides is 1. The average Bonchev–Trinajstić information content (AvgIpc) is 2.63. The van der Waals surface area contributed by atoms with Crippen molar-refractivity contribution in [2.75, 3.05) is 19.7 Å². The summed E-state index contributed by atoms with van der Waals surface area (Å²) >= 11 is 0. The minimum atomic E-state index is -0.695. The van der Waals surface area contributed by atoms with Gasteiger partial charge >= 0.3 is 12.1 Å². The van der Waals surface area contributed by atoms with Gasteiger partial charge in [0, 0.05) is 5.56 Å². The summed E-state index contributed by atoms with van der Waals surface area (Å²) in [5.74, 6) is -0.805. The fourth-order valence-electron chi connectivity index (χ4n) is 2.85. The van der Waals surface area contributed by atoms with Gasteiger partial charge in [-0.1, -0.05) is 6.07 Å². The summed E-state index contributed by atoms with van der Waals surface area (Å²) in [6.07, 6.45) is 1.05. The van der Waals surface area contributed by atoms with Crippen LogP contribution in [0.15, 0.2) is 36.5 Å². The van der Waals surface area contributed by atoms with Crippen molar-refractivity contribution in [2.45, 2.75) is 39.4 Å². The number of carbonyl (C=O) groups excluding carboxylic acids is 2. The summed E-state index contributed by atoms with van der Waals surface area (Å²) in [6, 6.07) is 7.69. The van der Waals surface area contributed by atoms with Gasteiger partial charge in [0.05, 0.1) is 37.2 Å². The van der Waals surface area contributed by atoms with Crippen LogP contribution in [0.5, 0.6) is 5.75 Å². The van der Waals surface area contributed by atoms with E-state index in [2.05, 4.69) is 4.98 Å². The summed E-state index contributed by atoms with van der Waals surface area (Å²) in [7, 11) is 0. The molecule has 0 spiro atoms. The standard InChI is InChI=1S/C22H25FN2O5/c1-5-28-20(26)17-8-6-14(10-18(17)23)19-9-7-15(11-24-19)29-16-12-25(13-16)21(27)30-22(2,3)4/h6-11,16H,5,12-13H2,1-4H3. The number of hydrogen-bond donors (Lipinski definition) is 0. The first-order valence-corrected chi connectivity index (χ1v) is 9.74. The molecular formula is C22H25FN2O5. The predicted molar refractivity (Wildman–Crippen MR) is 108 cm³/mol. The molecule has 30 heavy (non-hydrogen) atoms. The van der Waals surface area contributed by atoms with E-state index in [1.54, 1.807) is 36.2 Å². The van der Waals surface area contributed by atoms with Crippen molar-refractivity contribution >= 4 is 12.1 Å². The molecular weight excluding hydrogens is 391 g/mol. The molecule has 7 nitrogen and oxygen atoms in total. The third-order valence-electron chi connectivity index (χ3n) is 4.30. The predicted octanol–water partition coefficient (Wildman–Crippen LogP) is 4.06. The van der Waals surface area contributed by atoms with E-state index in [0.717, 1.165) is 0 Å². The highest BCUT2D eigenvalue weighted by molar-refractivity contribution is 5.90. The summed E-state index contributed by atoms with van der Waals surface area (Å²) in [6.45, 7) is 8.19. The Hall–Kier alpha value is -3.16. The molecule has 3 rings (SSSR count). The SMILES string of the molecule is CCOC(=O)c1ccc(-c2ccc(OC3CN(C(=O)OC(C)(C)C)C3)cn2)cc1F. The quantitative estimate of drug-likeness (QED) is 0.684. The van der Waals surface area contributed by atoms with Crippen molar-refractivity contribution in [3.05, 3.63) is 47.9 Å². The molecule has 0 radical (unpaired) electrons. The number of likely N-dealkylation sites (tertiary alicyclic amines) is 1. The Morgan fingerprint density at radius 1 is 1.20 bits per heavy atom. The maximum atomic E-state index is 14.2. The van der Waals surface area contributed by atoms with Crippen LogP contribution < -0.4 is 4.74 Å². The normalized spacial score (nSPS) is 14.1. The highest BCUT2D eigenvalue weighted by atomic mass is 19.1. The summed E-state index contributed by atoms with van der Waals surface area (Å²) in [4.78, 5) is 29.5. The lowest BCUT2D eigenvalue weighted by atomic mass is 10.1. The molecule has 1 saturated heterocycles. The van der Waals surface area contributed by atoms with Crippen LogP contribution in [0.4, 0.5) is 9.18 Å². The highest BCUT2D eigenvalue weighted by Gasteiger charge is 2.35. The Kier molecular flexibility index (Phi) is 6.24. The van der Waals surface area contributed by atoms with Crippen LogP contribution in [0.2, 0.25) is 0 Å². The fraction of sp³-hybridized carbons (Fsp3) is 0.409. The molecule has 1 fully saturated rings. The van der Waals surface area contributed by atoms with Crippen molar-refractivity contribution in [2.24, 2.45) is 0 Å². The van der Waals surface area contributed by atoms with Crippen molar-refractivity contribution < 1.29 is 28.2 Å². The summed E-state index contributed by atoms with van der Waals surface area (Å²) in [5.41, 5.74) is 0.434. The van der Waals surface area contributed by atoms with Crippen LogP contribution in [0.1, 0.15) is 38.1 Å². The smallest absolute Gasteiger partial charge is 0.410 e. The molecule has 1 amide bonds. The number of benzene rings is 1. The van der Waals surface area contributed by atoms with Gasteiger partial charge in [-0.25, -0.2) is 14.0 Å². The van der Waals surface area contributed by atoms with Gasteiger partial charge in [-0.2, -0.15) is 0 Å². The van der Waals surface area contributed by atoms with E-state index in [-0.39, 0.29) is 24.4 Å². The summed E-state index contributed by atoms with van der Waals surface area (Å²) in [5, 5.41) is 0. The van der Waals surface area contributed by atoms with Crippen LogP contribution in [-0.4, -0.2) is 53.3 Å². The van der Waals surface area contributed by atoms with Gasteiger partial charge < -0.3 is 19.1 Å². The van der Waals surface area contributed by atoms with Gasteiger partial charge in [0.1, 0.15) is 23.3 Å². The minimum Gasteiger partial charge on any atom is -0.485 e. The number of esters is 1. The molecule has 0 saturated carbocycles. The molecule has 0 N–H and O–H groups in total. The molecule has 1 aliphatic rings. The van der Waals surface area contributed by atoms with E-state index >= 15 is 0 Å². The maximum absolute atomic E-state index is 14.2. The largest absolute Gasteiger partial charge is 0.485 e. The molecule has 2 aromatic rings. The zero-order chi connectivity index (χ0) is 21.9. The number of pyridine rings is 1. The molecule has 0 atom stereocenters. The van der Waals surface area contributed by atoms with Crippen molar-refractivity contribution in [3.63, 3.8) is 0 Å². The molecule has 0 unspecified atom stereocenters. The number of rotatable bonds is 5. The zero-order valence-corrected chi connectivity index (χ0v) is 17.5. The van der Waals surface area contributed by atoms with Gasteiger partial charge in [0.2, 0.25) is 0 Å². The Balaban J connectivity index is 1.57. The second kappa shape index (κ2) is 8.69. The lowest BCUT2D eigenvalue weighted by Crippen LogP contribution is -2.57. The molecule has 8 heteroatoms. The van der Waals surface area contributed by atoms with E-state index < -0.39 is 17.4 Å². The second-order valence-corrected chi connectivity index (χ2v) is 7.92. The highest BCUT2D eigenvalue weighted by Crippen LogP contribution is 2.24. The Morgan fingerprint density at radius 3 is 2.50 bits per heavy atom. The Morgan fingerprint density at radius 2 is 1.93 bits per heavy atom. The van der Waals surface area contributed by atoms with Gasteiger partial charge in [-0.15, -0.1) is 0 Å². The maximum Gasteiger partial charge on any atom is 0.410 e. The van der Waals surface area contributed by atoms with Crippen LogP contribution in [-0.2, 0) is 9.47 Å². The van der Waals surface area contributed by atoms with Crippen molar-refractivity contribution in [3.8, 4) is 17.0 Å². The molecule has 1 aliphatic heterocycles. The van der Waals surface area contributed by atoms with E-state index in [1.165, 1.54) is 12.1 Å². The van der Waals surface area contributed by atoms with Crippen LogP contribution >= 0.6 is 0 Å². The average molecular weight is 416 g/mol. The number of hydrogen-bond acceptors (Lipinski definition) is 6. The third kappa shape index (κ3) is 5.25. The van der Waals surface area contributed by atoms with Crippen LogP contribution in [0.25, 0.3) is 11.3 Å². The number of aromatic nitrogens is 1. The van der Waals surface area contributed by atoms with E-state index in [9.17, 15) is 14.0 Å². The van der Waals surface area contributed by atoms with E-state index in [4.69, 9.17) is 14.2 Å². The molecule has 2 heterocycles. The van der Waals surface area contributed by atoms with Gasteiger partial charge in [-0.05, 0) is 52.0 Å². The monoisotopic (exact) mass is 416 g/mol. The number of ether oxygens (including phenoxy) is 3. The Labute approximate surface area is 174 Å². The molecule has 1 aromatic carbocycles. The van der Waals surface area contributed by atoms with E-state index in [1.807, 2.05) is 20.8 Å². The zero-order valence-electron chi connectivity index (χ0n) is 17.5. The van der Waals surface area contributed by atoms with Crippen LogP contribution in [0.3, 0.4) is 0 Å². The van der Waals surface area contributed by atoms with Gasteiger partial charge in [0.25, 0.3) is 0 Å². The van der Waals surface area contributed by atoms with Crippen molar-refractivity contribution in [1.82, 2.24) is 9.88 Å². The first-order chi connectivity index (χ1) is 14.2. The van der Waals surface area contributed by atoms with Crippen LogP contribution in [0, 0.1) is 5.82 Å². The molecule has 1 aromatic heterocycles. The number of nitrogens with zero attached hydrogens (tertiary/aromatic N) is 2. The van der Waals surface area contributed by atoms with Gasteiger partial charge in [-0.3, -0.25) is 4.98 Å². The minimum absolute atomic E-state index is 0.111. The lowest BCUT2D eigenvalue weighted by Gasteiger charge is -2.39. The fourth-order valence-corrected chi connectivity index (χ4v) is 2.85. The number of carbonyl (C=O) groups is 2. The first kappa shape index (κ1) is 21.5. The van der Waals surface area contributed by atoms with Crippen molar-refractivity contribution in [1.29, 1.82) is 0 Å². The number of halogens is 1. The topological polar surface area (TPSA) is 78.0 Å².